The van der Waals surface area contributed by atoms with Gasteiger partial charge in [0.1, 0.15) is 0 Å². The second kappa shape index (κ2) is 4.17. The zero-order valence-electron chi connectivity index (χ0n) is 9.56. The van der Waals surface area contributed by atoms with Crippen molar-refractivity contribution in [3.05, 3.63) is 41.9 Å². The van der Waals surface area contributed by atoms with Crippen LogP contribution in [0, 0.1) is 0 Å². The van der Waals surface area contributed by atoms with E-state index in [0.717, 1.165) is 36.1 Å². The average Bonchev–Trinajstić information content (AvgIpc) is 2.39. The Kier molecular flexibility index (Phi) is 2.52. The van der Waals surface area contributed by atoms with Crippen LogP contribution in [0.15, 0.2) is 30.6 Å². The van der Waals surface area contributed by atoms with Crippen LogP contribution in [0.2, 0.25) is 0 Å². The molecule has 1 aliphatic carbocycles. The summed E-state index contributed by atoms with van der Waals surface area (Å²) < 4.78 is 0. The Balaban J connectivity index is 2.19. The van der Waals surface area contributed by atoms with E-state index >= 15 is 0 Å². The highest BCUT2D eigenvalue weighted by Crippen LogP contribution is 2.32. The lowest BCUT2D eigenvalue weighted by Crippen LogP contribution is -2.07. The molecule has 0 unspecified atom stereocenters. The van der Waals surface area contributed by atoms with E-state index in [9.17, 15) is 5.11 Å². The van der Waals surface area contributed by atoms with Crippen molar-refractivity contribution in [3.63, 3.8) is 0 Å². The molecule has 3 heteroatoms. The maximum atomic E-state index is 9.70. The molecule has 2 heterocycles. The first-order valence-corrected chi connectivity index (χ1v) is 5.97. The highest BCUT2D eigenvalue weighted by molar-refractivity contribution is 5.68. The molecule has 0 aromatic carbocycles. The van der Waals surface area contributed by atoms with Crippen LogP contribution in [0.3, 0.4) is 0 Å². The molecule has 0 amide bonds. The normalized spacial score (nSPS) is 14.4. The van der Waals surface area contributed by atoms with Crippen LogP contribution in [0.5, 0.6) is 5.88 Å². The van der Waals surface area contributed by atoms with Crippen molar-refractivity contribution in [2.24, 2.45) is 0 Å². The van der Waals surface area contributed by atoms with Gasteiger partial charge in [0.05, 0.1) is 0 Å². The van der Waals surface area contributed by atoms with Gasteiger partial charge in [-0.05, 0) is 42.9 Å². The predicted octanol–water partition coefficient (Wildman–Crippen LogP) is 2.73. The molecule has 86 valence electrons. The summed E-state index contributed by atoms with van der Waals surface area (Å²) in [5.41, 5.74) is 4.47. The summed E-state index contributed by atoms with van der Waals surface area (Å²) in [6.07, 6.45) is 7.98. The van der Waals surface area contributed by atoms with E-state index in [-0.39, 0.29) is 5.88 Å². The highest BCUT2D eigenvalue weighted by Gasteiger charge is 2.17. The first-order valence-electron chi connectivity index (χ1n) is 5.97. The van der Waals surface area contributed by atoms with Gasteiger partial charge in [0.15, 0.2) is 0 Å². The first kappa shape index (κ1) is 10.3. The highest BCUT2D eigenvalue weighted by atomic mass is 16.3. The summed E-state index contributed by atoms with van der Waals surface area (Å²) in [5, 5.41) is 9.70. The Morgan fingerprint density at radius 2 is 2.06 bits per heavy atom. The number of fused-ring (bicyclic) bond motifs is 1. The number of aromatic hydroxyl groups is 1. The molecule has 0 saturated carbocycles. The summed E-state index contributed by atoms with van der Waals surface area (Å²) in [4.78, 5) is 8.37. The van der Waals surface area contributed by atoms with Gasteiger partial charge < -0.3 is 5.11 Å². The Bertz CT molecular complexity index is 537. The minimum Gasteiger partial charge on any atom is -0.493 e. The molecule has 0 spiro atoms. The molecule has 1 N–H and O–H groups in total. The molecule has 0 aliphatic heterocycles. The molecule has 17 heavy (non-hydrogen) atoms. The molecule has 2 aromatic heterocycles. The fourth-order valence-electron chi connectivity index (χ4n) is 2.47. The Morgan fingerprint density at radius 1 is 1.18 bits per heavy atom. The smallest absolute Gasteiger partial charge is 0.211 e. The summed E-state index contributed by atoms with van der Waals surface area (Å²) in [6.45, 7) is 0. The lowest BCUT2D eigenvalue weighted by molar-refractivity contribution is 0.448. The Morgan fingerprint density at radius 3 is 2.88 bits per heavy atom. The van der Waals surface area contributed by atoms with Crippen molar-refractivity contribution >= 4 is 0 Å². The van der Waals surface area contributed by atoms with Crippen LogP contribution in [0.1, 0.15) is 24.1 Å². The quantitative estimate of drug-likeness (QED) is 0.813. The van der Waals surface area contributed by atoms with E-state index in [0.29, 0.717) is 0 Å². The van der Waals surface area contributed by atoms with Gasteiger partial charge in [0, 0.05) is 29.7 Å². The lowest BCUT2D eigenvalue weighted by Gasteiger charge is -2.18. The topological polar surface area (TPSA) is 46.0 Å². The number of hydrogen-bond acceptors (Lipinski definition) is 3. The van der Waals surface area contributed by atoms with E-state index in [1.807, 2.05) is 18.3 Å². The van der Waals surface area contributed by atoms with Crippen LogP contribution in [-0.2, 0) is 12.8 Å². The van der Waals surface area contributed by atoms with Gasteiger partial charge in [-0.2, -0.15) is 0 Å². The maximum absolute atomic E-state index is 9.70. The van der Waals surface area contributed by atoms with Crippen molar-refractivity contribution in [1.29, 1.82) is 0 Å². The van der Waals surface area contributed by atoms with Gasteiger partial charge in [-0.25, -0.2) is 4.98 Å². The number of rotatable bonds is 1. The van der Waals surface area contributed by atoms with E-state index < -0.39 is 0 Å². The zero-order valence-corrected chi connectivity index (χ0v) is 9.56. The molecule has 0 saturated heterocycles. The number of nitrogens with zero attached hydrogens (tertiary/aromatic N) is 2. The average molecular weight is 226 g/mol. The fourth-order valence-corrected chi connectivity index (χ4v) is 2.47. The molecular weight excluding hydrogens is 212 g/mol. The maximum Gasteiger partial charge on any atom is 0.211 e. The molecule has 0 atom stereocenters. The van der Waals surface area contributed by atoms with Gasteiger partial charge >= 0.3 is 0 Å². The van der Waals surface area contributed by atoms with E-state index in [1.165, 1.54) is 12.0 Å². The van der Waals surface area contributed by atoms with Crippen LogP contribution in [0.4, 0.5) is 0 Å². The van der Waals surface area contributed by atoms with E-state index in [4.69, 9.17) is 0 Å². The lowest BCUT2D eigenvalue weighted by atomic mass is 9.90. The molecule has 0 radical (unpaired) electrons. The van der Waals surface area contributed by atoms with Crippen molar-refractivity contribution in [2.45, 2.75) is 25.7 Å². The largest absolute Gasteiger partial charge is 0.493 e. The summed E-state index contributed by atoms with van der Waals surface area (Å²) >= 11 is 0. The third-order valence-corrected chi connectivity index (χ3v) is 3.26. The molecule has 3 rings (SSSR count). The van der Waals surface area contributed by atoms with Crippen molar-refractivity contribution in [3.8, 4) is 17.0 Å². The van der Waals surface area contributed by atoms with Crippen LogP contribution >= 0.6 is 0 Å². The van der Waals surface area contributed by atoms with Crippen LogP contribution < -0.4 is 0 Å². The van der Waals surface area contributed by atoms with Crippen LogP contribution in [0.25, 0.3) is 11.1 Å². The minimum atomic E-state index is 0.115. The number of aryl methyl sites for hydroxylation is 1. The molecule has 0 bridgehead atoms. The standard InChI is InChI=1S/C14H14N2O/c17-14-8-12(10-4-3-7-15-9-10)11-5-1-2-6-13(11)16-14/h3-4,7-9H,1-2,5-6H2,(H,16,17). The first-order chi connectivity index (χ1) is 8.34. The van der Waals surface area contributed by atoms with Gasteiger partial charge in [0.2, 0.25) is 5.88 Å². The number of hydrogen-bond donors (Lipinski definition) is 1. The molecule has 3 nitrogen and oxygen atoms in total. The fraction of sp³-hybridized carbons (Fsp3) is 0.286. The second-order valence-corrected chi connectivity index (χ2v) is 4.40. The Labute approximate surface area is 100 Å². The Hall–Kier alpha value is -1.90. The minimum absolute atomic E-state index is 0.115. The molecule has 0 fully saturated rings. The van der Waals surface area contributed by atoms with Gasteiger partial charge in [0.25, 0.3) is 0 Å². The van der Waals surface area contributed by atoms with Crippen LogP contribution in [-0.4, -0.2) is 15.1 Å². The van der Waals surface area contributed by atoms with Gasteiger partial charge in [-0.15, -0.1) is 0 Å². The van der Waals surface area contributed by atoms with Crippen molar-refractivity contribution in [1.82, 2.24) is 9.97 Å². The SMILES string of the molecule is Oc1cc(-c2cccnc2)c2c(n1)CCCC2. The summed E-state index contributed by atoms with van der Waals surface area (Å²) in [6, 6.07) is 5.69. The molecule has 1 aliphatic rings. The second-order valence-electron chi connectivity index (χ2n) is 4.40. The number of aromatic nitrogens is 2. The third-order valence-electron chi connectivity index (χ3n) is 3.26. The summed E-state index contributed by atoms with van der Waals surface area (Å²) in [7, 11) is 0. The van der Waals surface area contributed by atoms with E-state index in [1.54, 1.807) is 12.3 Å². The van der Waals surface area contributed by atoms with Gasteiger partial charge in [-0.3, -0.25) is 4.98 Å². The monoisotopic (exact) mass is 226 g/mol. The molecule has 2 aromatic rings. The molecular formula is C14H14N2O. The zero-order chi connectivity index (χ0) is 11.7. The predicted molar refractivity (Wildman–Crippen MR) is 65.8 cm³/mol. The third kappa shape index (κ3) is 1.88. The van der Waals surface area contributed by atoms with Gasteiger partial charge in [-0.1, -0.05) is 6.07 Å². The van der Waals surface area contributed by atoms with Crippen molar-refractivity contribution < 1.29 is 5.11 Å². The van der Waals surface area contributed by atoms with Crippen molar-refractivity contribution in [2.75, 3.05) is 0 Å². The summed E-state index contributed by atoms with van der Waals surface area (Å²) in [5.74, 6) is 0.115. The number of pyridine rings is 2. The van der Waals surface area contributed by atoms with E-state index in [2.05, 4.69) is 9.97 Å².